The zero-order chi connectivity index (χ0) is 14.5. The molecule has 1 aromatic carbocycles. The summed E-state index contributed by atoms with van der Waals surface area (Å²) in [4.78, 5) is 1.76. The maximum atomic E-state index is 14.1. The van der Waals surface area contributed by atoms with Crippen LogP contribution in [0, 0.1) is 5.82 Å². The van der Waals surface area contributed by atoms with E-state index in [0.29, 0.717) is 23.6 Å². The van der Waals surface area contributed by atoms with Gasteiger partial charge < -0.3 is 14.7 Å². The second-order valence-corrected chi connectivity index (χ2v) is 4.24. The van der Waals surface area contributed by atoms with E-state index in [0.717, 1.165) is 0 Å². The van der Waals surface area contributed by atoms with Crippen LogP contribution in [-0.2, 0) is 0 Å². The van der Waals surface area contributed by atoms with Gasteiger partial charge in [0.2, 0.25) is 0 Å². The zero-order valence-corrected chi connectivity index (χ0v) is 11.4. The predicted molar refractivity (Wildman–Crippen MR) is 74.3 cm³/mol. The minimum absolute atomic E-state index is 0.0322. The molecule has 1 heterocycles. The van der Waals surface area contributed by atoms with Crippen LogP contribution in [-0.4, -0.2) is 42.6 Å². The van der Waals surface area contributed by atoms with Crippen molar-refractivity contribution in [3.8, 4) is 17.0 Å². The van der Waals surface area contributed by atoms with Gasteiger partial charge in [0.25, 0.3) is 0 Å². The molecule has 0 fully saturated rings. The van der Waals surface area contributed by atoms with Crippen LogP contribution in [0.15, 0.2) is 30.3 Å². The van der Waals surface area contributed by atoms with Gasteiger partial charge in [0.15, 0.2) is 17.4 Å². The Balaban J connectivity index is 2.31. The molecule has 0 amide bonds. The van der Waals surface area contributed by atoms with E-state index in [-0.39, 0.29) is 12.4 Å². The third-order valence-corrected chi connectivity index (χ3v) is 2.94. The molecule has 2 rings (SSSR count). The summed E-state index contributed by atoms with van der Waals surface area (Å²) in [5.41, 5.74) is 0.774. The number of methoxy groups -OCH3 is 1. The highest BCUT2D eigenvalue weighted by Crippen LogP contribution is 2.27. The molecule has 5 nitrogen and oxygen atoms in total. The van der Waals surface area contributed by atoms with E-state index in [4.69, 9.17) is 9.84 Å². The Labute approximate surface area is 116 Å². The number of benzene rings is 1. The van der Waals surface area contributed by atoms with Gasteiger partial charge in [-0.2, -0.15) is 0 Å². The molecule has 1 aromatic heterocycles. The number of aliphatic hydroxyl groups is 1. The van der Waals surface area contributed by atoms with E-state index in [2.05, 4.69) is 10.2 Å². The summed E-state index contributed by atoms with van der Waals surface area (Å²) in [6.07, 6.45) is 0. The molecule has 0 aliphatic rings. The quantitative estimate of drug-likeness (QED) is 0.901. The van der Waals surface area contributed by atoms with Crippen LogP contribution >= 0.6 is 0 Å². The third-order valence-electron chi connectivity index (χ3n) is 2.94. The van der Waals surface area contributed by atoms with Crippen LogP contribution in [0.25, 0.3) is 11.3 Å². The summed E-state index contributed by atoms with van der Waals surface area (Å²) in [6, 6.07) is 8.30. The average Bonchev–Trinajstić information content (AvgIpc) is 2.48. The van der Waals surface area contributed by atoms with E-state index in [9.17, 15) is 4.39 Å². The Hall–Kier alpha value is -2.21. The van der Waals surface area contributed by atoms with Gasteiger partial charge in [-0.15, -0.1) is 10.2 Å². The van der Waals surface area contributed by atoms with Gasteiger partial charge in [-0.25, -0.2) is 4.39 Å². The first-order valence-corrected chi connectivity index (χ1v) is 6.16. The number of ether oxygens (including phenoxy) is 1. The van der Waals surface area contributed by atoms with Crippen LogP contribution in [0.4, 0.5) is 10.2 Å². The molecular formula is C14H16FN3O2. The molecule has 0 radical (unpaired) electrons. The van der Waals surface area contributed by atoms with Gasteiger partial charge in [0.05, 0.1) is 19.4 Å². The summed E-state index contributed by atoms with van der Waals surface area (Å²) in [5, 5.41) is 16.9. The highest BCUT2D eigenvalue weighted by molar-refractivity contribution is 5.62. The molecule has 2 aromatic rings. The SMILES string of the molecule is COc1cccc(-c2ccc(N(C)CCO)nn2)c1F. The number of anilines is 1. The van der Waals surface area contributed by atoms with Crippen LogP contribution in [0.5, 0.6) is 5.75 Å². The van der Waals surface area contributed by atoms with Crippen molar-refractivity contribution in [3.63, 3.8) is 0 Å². The fraction of sp³-hybridized carbons (Fsp3) is 0.286. The summed E-state index contributed by atoms with van der Waals surface area (Å²) in [5.74, 6) is 0.331. The number of halogens is 1. The predicted octanol–water partition coefficient (Wildman–Crippen LogP) is 1.72. The van der Waals surface area contributed by atoms with Crippen molar-refractivity contribution >= 4 is 5.82 Å². The lowest BCUT2D eigenvalue weighted by atomic mass is 10.1. The van der Waals surface area contributed by atoms with Gasteiger partial charge in [-0.05, 0) is 24.3 Å². The highest BCUT2D eigenvalue weighted by atomic mass is 19.1. The van der Waals surface area contributed by atoms with E-state index in [1.165, 1.54) is 7.11 Å². The fourth-order valence-electron chi connectivity index (χ4n) is 1.80. The molecule has 106 valence electrons. The molecule has 20 heavy (non-hydrogen) atoms. The summed E-state index contributed by atoms with van der Waals surface area (Å²) in [7, 11) is 3.22. The lowest BCUT2D eigenvalue weighted by molar-refractivity contribution is 0.303. The average molecular weight is 277 g/mol. The Morgan fingerprint density at radius 3 is 2.65 bits per heavy atom. The maximum absolute atomic E-state index is 14.1. The first-order valence-electron chi connectivity index (χ1n) is 6.16. The maximum Gasteiger partial charge on any atom is 0.174 e. The molecule has 0 saturated carbocycles. The van der Waals surface area contributed by atoms with Crippen molar-refractivity contribution in [1.29, 1.82) is 0 Å². The zero-order valence-electron chi connectivity index (χ0n) is 11.4. The largest absolute Gasteiger partial charge is 0.494 e. The van der Waals surface area contributed by atoms with Gasteiger partial charge in [-0.3, -0.25) is 0 Å². The molecule has 6 heteroatoms. The number of aromatic nitrogens is 2. The van der Waals surface area contributed by atoms with Crippen molar-refractivity contribution in [2.45, 2.75) is 0 Å². The van der Waals surface area contributed by atoms with E-state index in [1.54, 1.807) is 42.3 Å². The molecule has 0 aliphatic heterocycles. The number of hydrogen-bond donors (Lipinski definition) is 1. The van der Waals surface area contributed by atoms with E-state index >= 15 is 0 Å². The molecular weight excluding hydrogens is 261 g/mol. The molecule has 0 spiro atoms. The van der Waals surface area contributed by atoms with Crippen molar-refractivity contribution in [3.05, 3.63) is 36.1 Å². The summed E-state index contributed by atoms with van der Waals surface area (Å²) in [6.45, 7) is 0.492. The normalized spacial score (nSPS) is 10.4. The highest BCUT2D eigenvalue weighted by Gasteiger charge is 2.12. The lowest BCUT2D eigenvalue weighted by Crippen LogP contribution is -2.22. The van der Waals surface area contributed by atoms with Crippen molar-refractivity contribution in [2.75, 3.05) is 32.2 Å². The minimum Gasteiger partial charge on any atom is -0.494 e. The van der Waals surface area contributed by atoms with Crippen molar-refractivity contribution < 1.29 is 14.2 Å². The second kappa shape index (κ2) is 6.29. The smallest absolute Gasteiger partial charge is 0.174 e. The van der Waals surface area contributed by atoms with Gasteiger partial charge in [-0.1, -0.05) is 6.07 Å². The Morgan fingerprint density at radius 1 is 1.25 bits per heavy atom. The number of aliphatic hydroxyl groups excluding tert-OH is 1. The first kappa shape index (κ1) is 14.2. The molecule has 0 aliphatic carbocycles. The van der Waals surface area contributed by atoms with Crippen molar-refractivity contribution in [1.82, 2.24) is 10.2 Å². The summed E-state index contributed by atoms with van der Waals surface area (Å²) < 4.78 is 19.0. The van der Waals surface area contributed by atoms with Crippen LogP contribution in [0.3, 0.4) is 0 Å². The Morgan fingerprint density at radius 2 is 2.05 bits per heavy atom. The van der Waals surface area contributed by atoms with E-state index < -0.39 is 5.82 Å². The molecule has 0 unspecified atom stereocenters. The fourth-order valence-corrected chi connectivity index (χ4v) is 1.80. The number of likely N-dealkylation sites (N-methyl/N-ethyl adjacent to an activating group) is 1. The minimum atomic E-state index is -0.458. The third kappa shape index (κ3) is 2.85. The summed E-state index contributed by atoms with van der Waals surface area (Å²) >= 11 is 0. The molecule has 0 atom stereocenters. The number of nitrogens with zero attached hydrogens (tertiary/aromatic N) is 3. The standard InChI is InChI=1S/C14H16FN3O2/c1-18(8-9-19)13-7-6-11(16-17-13)10-4-3-5-12(20-2)14(10)15/h3-7,19H,8-9H2,1-2H3. The molecule has 1 N–H and O–H groups in total. The Bertz CT molecular complexity index is 575. The van der Waals surface area contributed by atoms with Crippen LogP contribution in [0.1, 0.15) is 0 Å². The van der Waals surface area contributed by atoms with Gasteiger partial charge in [0, 0.05) is 19.2 Å². The number of rotatable bonds is 5. The second-order valence-electron chi connectivity index (χ2n) is 4.24. The van der Waals surface area contributed by atoms with Crippen molar-refractivity contribution in [2.24, 2.45) is 0 Å². The van der Waals surface area contributed by atoms with Gasteiger partial charge in [0.1, 0.15) is 0 Å². The van der Waals surface area contributed by atoms with Crippen LogP contribution < -0.4 is 9.64 Å². The lowest BCUT2D eigenvalue weighted by Gasteiger charge is -2.15. The van der Waals surface area contributed by atoms with Crippen LogP contribution in [0.2, 0.25) is 0 Å². The monoisotopic (exact) mass is 277 g/mol. The van der Waals surface area contributed by atoms with Gasteiger partial charge >= 0.3 is 0 Å². The number of hydrogen-bond acceptors (Lipinski definition) is 5. The molecule has 0 saturated heterocycles. The Kier molecular flexibility index (Phi) is 4.47. The topological polar surface area (TPSA) is 58.5 Å². The molecule has 0 bridgehead atoms. The first-order chi connectivity index (χ1) is 9.67. The van der Waals surface area contributed by atoms with E-state index in [1.807, 2.05) is 0 Å².